The van der Waals surface area contributed by atoms with Gasteiger partial charge in [0.05, 0.1) is 0 Å². The number of nitrogens with zero attached hydrogens (tertiary/aromatic N) is 1. The average Bonchev–Trinajstić information content (AvgIpc) is 2.72. The number of nitrogens with one attached hydrogen (secondary N) is 1. The van der Waals surface area contributed by atoms with Crippen LogP contribution in [0.2, 0.25) is 0 Å². The molecule has 0 aromatic heterocycles. The Bertz CT molecular complexity index is 769. The maximum Gasteiger partial charge on any atom is 0.242 e. The summed E-state index contributed by atoms with van der Waals surface area (Å²) in [7, 11) is 0. The van der Waals surface area contributed by atoms with Gasteiger partial charge in [0, 0.05) is 19.5 Å². The van der Waals surface area contributed by atoms with E-state index in [-0.39, 0.29) is 11.8 Å². The van der Waals surface area contributed by atoms with Crippen molar-refractivity contribution >= 4 is 11.8 Å². The predicted molar refractivity (Wildman–Crippen MR) is 119 cm³/mol. The molecule has 0 unspecified atom stereocenters. The van der Waals surface area contributed by atoms with Crippen LogP contribution >= 0.6 is 0 Å². The molecule has 1 N–H and O–H groups in total. The predicted octanol–water partition coefficient (Wildman–Crippen LogP) is 4.16. The highest BCUT2D eigenvalue weighted by molar-refractivity contribution is 5.87. The summed E-state index contributed by atoms with van der Waals surface area (Å²) in [5.41, 5.74) is 3.52. The lowest BCUT2D eigenvalue weighted by atomic mass is 10.1. The van der Waals surface area contributed by atoms with Crippen LogP contribution in [0.1, 0.15) is 43.9 Å². The van der Waals surface area contributed by atoms with Gasteiger partial charge in [-0.3, -0.25) is 9.59 Å². The molecule has 0 saturated carbocycles. The third-order valence-corrected chi connectivity index (χ3v) is 5.08. The van der Waals surface area contributed by atoms with Crippen molar-refractivity contribution in [3.63, 3.8) is 0 Å². The molecule has 0 radical (unpaired) electrons. The molecule has 0 aliphatic carbocycles. The van der Waals surface area contributed by atoms with E-state index in [9.17, 15) is 9.59 Å². The summed E-state index contributed by atoms with van der Waals surface area (Å²) in [5.74, 6) is 0.310. The fourth-order valence-corrected chi connectivity index (χ4v) is 3.17. The minimum atomic E-state index is -0.483. The number of amides is 2. The molecule has 0 aliphatic rings. The number of aryl methyl sites for hydroxylation is 2. The summed E-state index contributed by atoms with van der Waals surface area (Å²) >= 11 is 0. The fourth-order valence-electron chi connectivity index (χ4n) is 3.17. The van der Waals surface area contributed by atoms with E-state index in [2.05, 4.69) is 62.5 Å². The summed E-state index contributed by atoms with van der Waals surface area (Å²) < 4.78 is 0. The van der Waals surface area contributed by atoms with Gasteiger partial charge in [-0.1, -0.05) is 74.0 Å². The van der Waals surface area contributed by atoms with Crippen molar-refractivity contribution in [2.24, 2.45) is 5.92 Å². The van der Waals surface area contributed by atoms with Crippen LogP contribution in [0.15, 0.2) is 54.6 Å². The van der Waals surface area contributed by atoms with Gasteiger partial charge >= 0.3 is 0 Å². The minimum Gasteiger partial charge on any atom is -0.354 e. The lowest BCUT2D eigenvalue weighted by Crippen LogP contribution is -2.49. The van der Waals surface area contributed by atoms with Gasteiger partial charge in [-0.05, 0) is 43.7 Å². The Morgan fingerprint density at radius 2 is 1.52 bits per heavy atom. The molecule has 0 saturated heterocycles. The van der Waals surface area contributed by atoms with E-state index in [0.29, 0.717) is 31.8 Å². The fraction of sp³-hybridized carbons (Fsp3) is 0.440. The number of carbonyl (C=O) groups is 2. The largest absolute Gasteiger partial charge is 0.354 e. The molecule has 4 nitrogen and oxygen atoms in total. The van der Waals surface area contributed by atoms with Gasteiger partial charge in [-0.2, -0.15) is 0 Å². The number of benzene rings is 2. The van der Waals surface area contributed by atoms with Gasteiger partial charge in [-0.25, -0.2) is 0 Å². The molecule has 2 rings (SSSR count). The van der Waals surface area contributed by atoms with E-state index in [0.717, 1.165) is 12.0 Å². The number of rotatable bonds is 10. The first-order valence-electron chi connectivity index (χ1n) is 10.5. The van der Waals surface area contributed by atoms with Crippen molar-refractivity contribution in [2.45, 2.75) is 53.0 Å². The molecule has 0 bridgehead atoms. The van der Waals surface area contributed by atoms with Gasteiger partial charge in [-0.15, -0.1) is 0 Å². The molecule has 0 aliphatic heterocycles. The van der Waals surface area contributed by atoms with Crippen molar-refractivity contribution in [2.75, 3.05) is 13.1 Å². The quantitative estimate of drug-likeness (QED) is 0.658. The van der Waals surface area contributed by atoms with Crippen molar-refractivity contribution in [3.8, 4) is 0 Å². The molecular weight excluding hydrogens is 360 g/mol. The second-order valence-corrected chi connectivity index (χ2v) is 8.12. The van der Waals surface area contributed by atoms with Crippen molar-refractivity contribution < 1.29 is 9.59 Å². The first-order chi connectivity index (χ1) is 13.9. The van der Waals surface area contributed by atoms with Crippen LogP contribution < -0.4 is 5.32 Å². The molecule has 2 amide bonds. The Morgan fingerprint density at radius 3 is 2.14 bits per heavy atom. The van der Waals surface area contributed by atoms with Gasteiger partial charge in [0.1, 0.15) is 6.04 Å². The second-order valence-electron chi connectivity index (χ2n) is 8.12. The van der Waals surface area contributed by atoms with Crippen LogP contribution in [0.4, 0.5) is 0 Å². The number of carbonyl (C=O) groups excluding carboxylic acids is 2. The zero-order valence-corrected chi connectivity index (χ0v) is 18.2. The van der Waals surface area contributed by atoms with E-state index in [1.807, 2.05) is 25.1 Å². The summed E-state index contributed by atoms with van der Waals surface area (Å²) in [4.78, 5) is 27.4. The first kappa shape index (κ1) is 22.7. The lowest BCUT2D eigenvalue weighted by molar-refractivity contribution is -0.139. The minimum absolute atomic E-state index is 0.0219. The van der Waals surface area contributed by atoms with Crippen LogP contribution in [0.25, 0.3) is 0 Å². The van der Waals surface area contributed by atoms with Crippen LogP contribution in [-0.2, 0) is 22.4 Å². The van der Waals surface area contributed by atoms with E-state index in [4.69, 9.17) is 0 Å². The van der Waals surface area contributed by atoms with Crippen LogP contribution in [0.5, 0.6) is 0 Å². The third kappa shape index (κ3) is 7.72. The normalized spacial score (nSPS) is 11.9. The first-order valence-corrected chi connectivity index (χ1v) is 10.5. The second kappa shape index (κ2) is 11.4. The van der Waals surface area contributed by atoms with Crippen LogP contribution in [-0.4, -0.2) is 35.8 Å². The molecule has 0 fully saturated rings. The Labute approximate surface area is 175 Å². The summed E-state index contributed by atoms with van der Waals surface area (Å²) in [6.45, 7) is 9.15. The Kier molecular flexibility index (Phi) is 8.91. The van der Waals surface area contributed by atoms with Gasteiger partial charge in [0.25, 0.3) is 0 Å². The van der Waals surface area contributed by atoms with Crippen molar-refractivity contribution in [3.05, 3.63) is 71.3 Å². The highest BCUT2D eigenvalue weighted by atomic mass is 16.2. The smallest absolute Gasteiger partial charge is 0.242 e. The summed E-state index contributed by atoms with van der Waals surface area (Å²) in [6, 6.07) is 17.9. The van der Waals surface area contributed by atoms with Crippen LogP contribution in [0, 0.1) is 12.8 Å². The topological polar surface area (TPSA) is 49.4 Å². The summed E-state index contributed by atoms with van der Waals surface area (Å²) in [5, 5.41) is 2.96. The molecule has 0 spiro atoms. The van der Waals surface area contributed by atoms with E-state index >= 15 is 0 Å². The molecule has 2 aromatic carbocycles. The maximum absolute atomic E-state index is 13.0. The Hall–Kier alpha value is -2.62. The standard InChI is InChI=1S/C25H34N2O2/c1-19(2)18-26-25(29)21(4)27(17-16-22-8-6-5-7-9-22)24(28)15-14-23-12-10-20(3)11-13-23/h5-13,19,21H,14-18H2,1-4H3,(H,26,29)/t21-/m1/s1. The molecule has 4 heteroatoms. The van der Waals surface area contributed by atoms with Gasteiger partial charge in [0.15, 0.2) is 0 Å². The highest BCUT2D eigenvalue weighted by Crippen LogP contribution is 2.11. The van der Waals surface area contributed by atoms with Gasteiger partial charge < -0.3 is 10.2 Å². The zero-order chi connectivity index (χ0) is 21.2. The maximum atomic E-state index is 13.0. The Morgan fingerprint density at radius 1 is 0.897 bits per heavy atom. The SMILES string of the molecule is Cc1ccc(CCC(=O)N(CCc2ccccc2)[C@H](C)C(=O)NCC(C)C)cc1. The van der Waals surface area contributed by atoms with Gasteiger partial charge in [0.2, 0.25) is 11.8 Å². The molecule has 29 heavy (non-hydrogen) atoms. The molecule has 2 aromatic rings. The average molecular weight is 395 g/mol. The van der Waals surface area contributed by atoms with E-state index in [1.54, 1.807) is 4.90 Å². The zero-order valence-electron chi connectivity index (χ0n) is 18.2. The van der Waals surface area contributed by atoms with Crippen LogP contribution in [0.3, 0.4) is 0 Å². The molecule has 156 valence electrons. The highest BCUT2D eigenvalue weighted by Gasteiger charge is 2.25. The van der Waals surface area contributed by atoms with E-state index in [1.165, 1.54) is 11.1 Å². The third-order valence-electron chi connectivity index (χ3n) is 5.08. The van der Waals surface area contributed by atoms with Crippen molar-refractivity contribution in [1.82, 2.24) is 10.2 Å². The van der Waals surface area contributed by atoms with Crippen molar-refractivity contribution in [1.29, 1.82) is 0 Å². The molecule has 1 atom stereocenters. The Balaban J connectivity index is 2.03. The number of hydrogen-bond acceptors (Lipinski definition) is 2. The summed E-state index contributed by atoms with van der Waals surface area (Å²) in [6.07, 6.45) is 1.82. The molecular formula is C25H34N2O2. The number of hydrogen-bond donors (Lipinski definition) is 1. The monoisotopic (exact) mass is 394 g/mol. The molecule has 0 heterocycles. The lowest BCUT2D eigenvalue weighted by Gasteiger charge is -2.29. The van der Waals surface area contributed by atoms with E-state index < -0.39 is 6.04 Å².